The summed E-state index contributed by atoms with van der Waals surface area (Å²) >= 11 is 0. The van der Waals surface area contributed by atoms with Gasteiger partial charge >= 0.3 is 0 Å². The number of nitrogens with zero attached hydrogens (tertiary/aromatic N) is 1. The lowest BCUT2D eigenvalue weighted by atomic mass is 10.2. The number of benzene rings is 1. The van der Waals surface area contributed by atoms with Gasteiger partial charge in [-0.1, -0.05) is 19.1 Å². The zero-order chi connectivity index (χ0) is 17.1. The molecule has 6 nitrogen and oxygen atoms in total. The Bertz CT molecular complexity index is 488. The Morgan fingerprint density at radius 2 is 1.78 bits per heavy atom. The molecule has 1 aromatic rings. The maximum atomic E-state index is 11.8. The van der Waals surface area contributed by atoms with Crippen LogP contribution < -0.4 is 15.4 Å². The molecule has 0 radical (unpaired) electrons. The molecule has 0 spiro atoms. The van der Waals surface area contributed by atoms with Crippen molar-refractivity contribution in [3.05, 3.63) is 29.8 Å². The third-order valence-electron chi connectivity index (χ3n) is 3.12. The number of amides is 2. The van der Waals surface area contributed by atoms with Crippen LogP contribution in [-0.2, 0) is 16.1 Å². The molecule has 0 aliphatic carbocycles. The third-order valence-corrected chi connectivity index (χ3v) is 3.12. The quantitative estimate of drug-likeness (QED) is 0.678. The van der Waals surface area contributed by atoms with E-state index in [0.29, 0.717) is 19.7 Å². The Morgan fingerprint density at radius 1 is 1.09 bits per heavy atom. The minimum absolute atomic E-state index is 0.0235. The van der Waals surface area contributed by atoms with Crippen LogP contribution in [0.15, 0.2) is 24.3 Å². The van der Waals surface area contributed by atoms with Gasteiger partial charge in [0.05, 0.1) is 19.7 Å². The lowest BCUT2D eigenvalue weighted by Crippen LogP contribution is -2.41. The van der Waals surface area contributed by atoms with E-state index < -0.39 is 0 Å². The van der Waals surface area contributed by atoms with Crippen LogP contribution in [-0.4, -0.2) is 50.0 Å². The highest BCUT2D eigenvalue weighted by molar-refractivity contribution is 5.85. The standard InChI is InChI=1S/C17H27N3O3/c1-4-10-18-16(21)11-19-17(22)13-20(3)12-14-6-8-15(9-7-14)23-5-2/h6-9H,4-5,10-13H2,1-3H3,(H,18,21)(H,19,22). The Morgan fingerprint density at radius 3 is 2.39 bits per heavy atom. The second-order valence-corrected chi connectivity index (χ2v) is 5.38. The summed E-state index contributed by atoms with van der Waals surface area (Å²) in [6.07, 6.45) is 0.879. The fourth-order valence-electron chi connectivity index (χ4n) is 2.03. The van der Waals surface area contributed by atoms with Crippen LogP contribution in [0.5, 0.6) is 5.75 Å². The molecule has 1 aromatic carbocycles. The van der Waals surface area contributed by atoms with Gasteiger partial charge in [-0.2, -0.15) is 0 Å². The summed E-state index contributed by atoms with van der Waals surface area (Å²) in [5.74, 6) is 0.522. The molecular weight excluding hydrogens is 294 g/mol. The molecule has 128 valence electrons. The van der Waals surface area contributed by atoms with E-state index in [1.807, 2.05) is 50.1 Å². The largest absolute Gasteiger partial charge is 0.494 e. The number of carbonyl (C=O) groups is 2. The van der Waals surface area contributed by atoms with E-state index in [0.717, 1.165) is 17.7 Å². The summed E-state index contributed by atoms with van der Waals surface area (Å²) in [6, 6.07) is 7.81. The van der Waals surface area contributed by atoms with E-state index in [4.69, 9.17) is 4.74 Å². The summed E-state index contributed by atoms with van der Waals surface area (Å²) in [5.41, 5.74) is 1.10. The number of likely N-dealkylation sites (N-methyl/N-ethyl adjacent to an activating group) is 1. The third kappa shape index (κ3) is 8.21. The number of ether oxygens (including phenoxy) is 1. The Balaban J connectivity index is 2.30. The van der Waals surface area contributed by atoms with Gasteiger partial charge in [0.15, 0.2) is 0 Å². The van der Waals surface area contributed by atoms with Crippen molar-refractivity contribution in [1.29, 1.82) is 0 Å². The molecule has 0 heterocycles. The second kappa shape index (κ2) is 10.6. The maximum absolute atomic E-state index is 11.8. The SMILES string of the molecule is CCCNC(=O)CNC(=O)CN(C)Cc1ccc(OCC)cc1. The van der Waals surface area contributed by atoms with Crippen molar-refractivity contribution in [2.75, 3.05) is 33.3 Å². The lowest BCUT2D eigenvalue weighted by molar-refractivity contribution is -0.126. The van der Waals surface area contributed by atoms with Crippen molar-refractivity contribution in [3.8, 4) is 5.75 Å². The van der Waals surface area contributed by atoms with Crippen LogP contribution in [0.25, 0.3) is 0 Å². The number of hydrogen-bond donors (Lipinski definition) is 2. The predicted octanol–water partition coefficient (Wildman–Crippen LogP) is 1.16. The van der Waals surface area contributed by atoms with Crippen LogP contribution in [0.1, 0.15) is 25.8 Å². The summed E-state index contributed by atoms with van der Waals surface area (Å²) in [4.78, 5) is 25.1. The van der Waals surface area contributed by atoms with Gasteiger partial charge in [-0.25, -0.2) is 0 Å². The van der Waals surface area contributed by atoms with Gasteiger partial charge in [0.25, 0.3) is 0 Å². The molecule has 0 unspecified atom stereocenters. The summed E-state index contributed by atoms with van der Waals surface area (Å²) in [5, 5.41) is 5.34. The fraction of sp³-hybridized carbons (Fsp3) is 0.529. The van der Waals surface area contributed by atoms with Gasteiger partial charge < -0.3 is 15.4 Å². The molecule has 2 N–H and O–H groups in total. The molecule has 23 heavy (non-hydrogen) atoms. The van der Waals surface area contributed by atoms with E-state index in [2.05, 4.69) is 10.6 Å². The van der Waals surface area contributed by atoms with Crippen molar-refractivity contribution in [2.24, 2.45) is 0 Å². The smallest absolute Gasteiger partial charge is 0.239 e. The van der Waals surface area contributed by atoms with Gasteiger partial charge in [-0.3, -0.25) is 14.5 Å². The van der Waals surface area contributed by atoms with Crippen LogP contribution in [0.4, 0.5) is 0 Å². The first-order chi connectivity index (χ1) is 11.0. The molecule has 0 aliphatic heterocycles. The minimum atomic E-state index is -0.162. The maximum Gasteiger partial charge on any atom is 0.239 e. The van der Waals surface area contributed by atoms with Crippen molar-refractivity contribution in [2.45, 2.75) is 26.8 Å². The van der Waals surface area contributed by atoms with Crippen molar-refractivity contribution < 1.29 is 14.3 Å². The van der Waals surface area contributed by atoms with Crippen LogP contribution in [0, 0.1) is 0 Å². The zero-order valence-electron chi connectivity index (χ0n) is 14.2. The van der Waals surface area contributed by atoms with E-state index in [-0.39, 0.29) is 24.9 Å². The summed E-state index contributed by atoms with van der Waals surface area (Å²) in [6.45, 7) is 6.13. The fourth-order valence-corrected chi connectivity index (χ4v) is 2.03. The second-order valence-electron chi connectivity index (χ2n) is 5.38. The normalized spacial score (nSPS) is 10.4. The molecule has 1 rings (SSSR count). The highest BCUT2D eigenvalue weighted by Crippen LogP contribution is 2.13. The molecule has 0 aliphatic rings. The van der Waals surface area contributed by atoms with Crippen LogP contribution >= 0.6 is 0 Å². The minimum Gasteiger partial charge on any atom is -0.494 e. The molecular formula is C17H27N3O3. The Hall–Kier alpha value is -2.08. The van der Waals surface area contributed by atoms with Gasteiger partial charge in [0, 0.05) is 13.1 Å². The van der Waals surface area contributed by atoms with Crippen LogP contribution in [0.3, 0.4) is 0 Å². The highest BCUT2D eigenvalue weighted by Gasteiger charge is 2.09. The van der Waals surface area contributed by atoms with Gasteiger partial charge in [-0.15, -0.1) is 0 Å². The first kappa shape index (κ1) is 19.0. The number of nitrogens with one attached hydrogen (secondary N) is 2. The number of carbonyl (C=O) groups excluding carboxylic acids is 2. The molecule has 6 heteroatoms. The van der Waals surface area contributed by atoms with Gasteiger partial charge in [0.1, 0.15) is 5.75 Å². The summed E-state index contributed by atoms with van der Waals surface area (Å²) in [7, 11) is 1.87. The highest BCUT2D eigenvalue weighted by atomic mass is 16.5. The molecule has 0 saturated carbocycles. The molecule has 0 bridgehead atoms. The first-order valence-corrected chi connectivity index (χ1v) is 7.98. The lowest BCUT2D eigenvalue weighted by Gasteiger charge is -2.16. The molecule has 0 fully saturated rings. The van der Waals surface area contributed by atoms with Crippen molar-refractivity contribution >= 4 is 11.8 Å². The van der Waals surface area contributed by atoms with Crippen molar-refractivity contribution in [3.63, 3.8) is 0 Å². The molecule has 0 atom stereocenters. The zero-order valence-corrected chi connectivity index (χ0v) is 14.2. The molecule has 0 saturated heterocycles. The predicted molar refractivity (Wildman–Crippen MR) is 90.3 cm³/mol. The first-order valence-electron chi connectivity index (χ1n) is 7.98. The van der Waals surface area contributed by atoms with Gasteiger partial charge in [0.2, 0.25) is 11.8 Å². The number of rotatable bonds is 10. The monoisotopic (exact) mass is 321 g/mol. The van der Waals surface area contributed by atoms with Crippen LogP contribution in [0.2, 0.25) is 0 Å². The Kier molecular flexibility index (Phi) is 8.75. The van der Waals surface area contributed by atoms with E-state index in [1.165, 1.54) is 0 Å². The van der Waals surface area contributed by atoms with E-state index in [1.54, 1.807) is 0 Å². The number of hydrogen-bond acceptors (Lipinski definition) is 4. The summed E-state index contributed by atoms with van der Waals surface area (Å²) < 4.78 is 5.40. The van der Waals surface area contributed by atoms with Crippen molar-refractivity contribution in [1.82, 2.24) is 15.5 Å². The molecule has 0 aromatic heterocycles. The topological polar surface area (TPSA) is 70.7 Å². The molecule has 2 amide bonds. The van der Waals surface area contributed by atoms with E-state index in [9.17, 15) is 9.59 Å². The average molecular weight is 321 g/mol. The van der Waals surface area contributed by atoms with Gasteiger partial charge in [-0.05, 0) is 38.1 Å². The van der Waals surface area contributed by atoms with E-state index >= 15 is 0 Å². The average Bonchev–Trinajstić information content (AvgIpc) is 2.53. The Labute approximate surface area is 138 Å².